The minimum atomic E-state index is -0.600. The molecule has 1 fully saturated rings. The highest BCUT2D eigenvalue weighted by Gasteiger charge is 2.28. The van der Waals surface area contributed by atoms with Gasteiger partial charge in [-0.05, 0) is 43.3 Å². The van der Waals surface area contributed by atoms with Crippen molar-refractivity contribution in [3.05, 3.63) is 59.4 Å². The van der Waals surface area contributed by atoms with Crippen LogP contribution >= 0.6 is 11.6 Å². The molecule has 0 radical (unpaired) electrons. The Morgan fingerprint density at radius 2 is 1.73 bits per heavy atom. The summed E-state index contributed by atoms with van der Waals surface area (Å²) in [7, 11) is 0. The Bertz CT molecular complexity index is 759. The highest BCUT2D eigenvalue weighted by atomic mass is 35.5. The summed E-state index contributed by atoms with van der Waals surface area (Å²) >= 11 is 5.85. The molecule has 0 spiro atoms. The van der Waals surface area contributed by atoms with E-state index in [0.717, 1.165) is 0 Å². The number of carbonyl (C=O) groups excluding carboxylic acids is 2. The minimum Gasteiger partial charge on any atom is -0.481 e. The maximum atomic E-state index is 12.6. The average Bonchev–Trinajstić information content (AvgIpc) is 2.69. The SMILES string of the molecule is CC(Oc1ccc(Cl)cc1)C(=O)N1CCN(C(=O)c2cccnc2)CC1. The molecule has 7 heteroatoms. The Morgan fingerprint density at radius 1 is 1.08 bits per heavy atom. The summed E-state index contributed by atoms with van der Waals surface area (Å²) in [6.07, 6.45) is 2.59. The van der Waals surface area contributed by atoms with Gasteiger partial charge in [0.05, 0.1) is 5.56 Å². The van der Waals surface area contributed by atoms with Gasteiger partial charge in [-0.15, -0.1) is 0 Å². The maximum Gasteiger partial charge on any atom is 0.263 e. The van der Waals surface area contributed by atoms with Crippen LogP contribution in [0.15, 0.2) is 48.8 Å². The molecule has 136 valence electrons. The van der Waals surface area contributed by atoms with Gasteiger partial charge in [0.1, 0.15) is 5.75 Å². The molecule has 0 aliphatic carbocycles. The number of amides is 2. The second-order valence-corrected chi connectivity index (χ2v) is 6.51. The lowest BCUT2D eigenvalue weighted by molar-refractivity contribution is -0.139. The Hall–Kier alpha value is -2.60. The highest BCUT2D eigenvalue weighted by Crippen LogP contribution is 2.18. The van der Waals surface area contributed by atoms with Gasteiger partial charge in [0.2, 0.25) is 0 Å². The smallest absolute Gasteiger partial charge is 0.263 e. The standard InChI is InChI=1S/C19H20ClN3O3/c1-14(26-17-6-4-16(20)5-7-17)18(24)22-9-11-23(12-10-22)19(25)15-3-2-8-21-13-15/h2-8,13-14H,9-12H2,1H3. The molecule has 0 N–H and O–H groups in total. The van der Waals surface area contributed by atoms with Crippen LogP contribution in [0.1, 0.15) is 17.3 Å². The van der Waals surface area contributed by atoms with Crippen molar-refractivity contribution in [1.29, 1.82) is 0 Å². The van der Waals surface area contributed by atoms with Crippen LogP contribution in [0.4, 0.5) is 0 Å². The molecule has 2 aromatic rings. The lowest BCUT2D eigenvalue weighted by Crippen LogP contribution is -2.53. The topological polar surface area (TPSA) is 62.7 Å². The van der Waals surface area contributed by atoms with Gasteiger partial charge in [-0.25, -0.2) is 0 Å². The first-order valence-corrected chi connectivity index (χ1v) is 8.82. The molecule has 1 aliphatic heterocycles. The van der Waals surface area contributed by atoms with E-state index in [4.69, 9.17) is 16.3 Å². The van der Waals surface area contributed by atoms with Gasteiger partial charge < -0.3 is 14.5 Å². The van der Waals surface area contributed by atoms with E-state index in [1.165, 1.54) is 0 Å². The van der Waals surface area contributed by atoms with Crippen molar-refractivity contribution in [2.24, 2.45) is 0 Å². The van der Waals surface area contributed by atoms with Gasteiger partial charge in [-0.3, -0.25) is 14.6 Å². The van der Waals surface area contributed by atoms with Gasteiger partial charge in [0, 0.05) is 43.6 Å². The van der Waals surface area contributed by atoms with Crippen LogP contribution in [-0.4, -0.2) is 58.9 Å². The molecule has 3 rings (SSSR count). The van der Waals surface area contributed by atoms with Gasteiger partial charge in [0.25, 0.3) is 11.8 Å². The summed E-state index contributed by atoms with van der Waals surface area (Å²) in [5.41, 5.74) is 0.562. The monoisotopic (exact) mass is 373 g/mol. The molecule has 2 heterocycles. The van der Waals surface area contributed by atoms with E-state index >= 15 is 0 Å². The van der Waals surface area contributed by atoms with E-state index in [1.807, 2.05) is 0 Å². The molecule has 6 nitrogen and oxygen atoms in total. The van der Waals surface area contributed by atoms with E-state index in [9.17, 15) is 9.59 Å². The van der Waals surface area contributed by atoms with Crippen molar-refractivity contribution < 1.29 is 14.3 Å². The summed E-state index contributed by atoms with van der Waals surface area (Å²) in [6.45, 7) is 3.68. The molecule has 0 bridgehead atoms. The van der Waals surface area contributed by atoms with Crippen molar-refractivity contribution in [1.82, 2.24) is 14.8 Å². The second kappa shape index (κ2) is 8.19. The number of benzene rings is 1. The molecule has 1 aliphatic rings. The first-order valence-electron chi connectivity index (χ1n) is 8.45. The molecular formula is C19H20ClN3O3. The molecule has 1 aromatic carbocycles. The van der Waals surface area contributed by atoms with Crippen molar-refractivity contribution in [2.75, 3.05) is 26.2 Å². The number of ether oxygens (including phenoxy) is 1. The van der Waals surface area contributed by atoms with Crippen LogP contribution in [0.5, 0.6) is 5.75 Å². The number of hydrogen-bond acceptors (Lipinski definition) is 4. The molecule has 1 unspecified atom stereocenters. The number of carbonyl (C=O) groups is 2. The third-order valence-corrected chi connectivity index (χ3v) is 4.51. The zero-order valence-corrected chi connectivity index (χ0v) is 15.2. The Kier molecular flexibility index (Phi) is 5.73. The van der Waals surface area contributed by atoms with Crippen molar-refractivity contribution in [3.63, 3.8) is 0 Å². The Labute approximate surface area is 157 Å². The molecule has 2 amide bonds. The van der Waals surface area contributed by atoms with Crippen LogP contribution < -0.4 is 4.74 Å². The van der Waals surface area contributed by atoms with E-state index < -0.39 is 6.10 Å². The van der Waals surface area contributed by atoms with Crippen molar-refractivity contribution in [3.8, 4) is 5.75 Å². The number of aromatic nitrogens is 1. The number of rotatable bonds is 4. The molecule has 26 heavy (non-hydrogen) atoms. The van der Waals surface area contributed by atoms with Crippen LogP contribution in [0.2, 0.25) is 5.02 Å². The van der Waals surface area contributed by atoms with Gasteiger partial charge in [0.15, 0.2) is 6.10 Å². The maximum absolute atomic E-state index is 12.6. The fourth-order valence-corrected chi connectivity index (χ4v) is 2.95. The van der Waals surface area contributed by atoms with Crippen molar-refractivity contribution in [2.45, 2.75) is 13.0 Å². The number of hydrogen-bond donors (Lipinski definition) is 0. The number of halogens is 1. The van der Waals surface area contributed by atoms with Crippen LogP contribution in [-0.2, 0) is 4.79 Å². The molecule has 1 saturated heterocycles. The lowest BCUT2D eigenvalue weighted by Gasteiger charge is -2.35. The summed E-state index contributed by atoms with van der Waals surface area (Å²) in [4.78, 5) is 32.4. The average molecular weight is 374 g/mol. The summed E-state index contributed by atoms with van der Waals surface area (Å²) in [5.74, 6) is 0.449. The molecule has 1 atom stereocenters. The van der Waals surface area contributed by atoms with Gasteiger partial charge in [-0.2, -0.15) is 0 Å². The number of pyridine rings is 1. The second-order valence-electron chi connectivity index (χ2n) is 6.07. The fraction of sp³-hybridized carbons (Fsp3) is 0.316. The van der Waals surface area contributed by atoms with Gasteiger partial charge in [-0.1, -0.05) is 11.6 Å². The highest BCUT2D eigenvalue weighted by molar-refractivity contribution is 6.30. The summed E-state index contributed by atoms with van der Waals surface area (Å²) in [5, 5.41) is 0.616. The first-order chi connectivity index (χ1) is 12.5. The van der Waals surface area contributed by atoms with Gasteiger partial charge >= 0.3 is 0 Å². The predicted molar refractivity (Wildman–Crippen MR) is 98.3 cm³/mol. The Morgan fingerprint density at radius 3 is 2.35 bits per heavy atom. The first kappa shape index (κ1) is 18.2. The Balaban J connectivity index is 1.53. The number of piperazine rings is 1. The third kappa shape index (κ3) is 4.32. The van der Waals surface area contributed by atoms with E-state index in [0.29, 0.717) is 42.5 Å². The lowest BCUT2D eigenvalue weighted by atomic mass is 10.2. The van der Waals surface area contributed by atoms with Crippen LogP contribution in [0.3, 0.4) is 0 Å². The molecular weight excluding hydrogens is 354 g/mol. The third-order valence-electron chi connectivity index (χ3n) is 4.26. The zero-order valence-electron chi connectivity index (χ0n) is 14.5. The largest absolute Gasteiger partial charge is 0.481 e. The van der Waals surface area contributed by atoms with E-state index in [1.54, 1.807) is 65.5 Å². The summed E-state index contributed by atoms with van der Waals surface area (Å²) in [6, 6.07) is 10.4. The zero-order chi connectivity index (χ0) is 18.5. The quantitative estimate of drug-likeness (QED) is 0.826. The predicted octanol–water partition coefficient (Wildman–Crippen LogP) is 2.49. The fourth-order valence-electron chi connectivity index (χ4n) is 2.83. The summed E-state index contributed by atoms with van der Waals surface area (Å²) < 4.78 is 5.69. The van der Waals surface area contributed by atoms with E-state index in [2.05, 4.69) is 4.98 Å². The molecule has 0 saturated carbocycles. The van der Waals surface area contributed by atoms with Crippen LogP contribution in [0, 0.1) is 0 Å². The number of nitrogens with zero attached hydrogens (tertiary/aromatic N) is 3. The minimum absolute atomic E-state index is 0.0596. The molecule has 1 aromatic heterocycles. The van der Waals surface area contributed by atoms with E-state index in [-0.39, 0.29) is 11.8 Å². The van der Waals surface area contributed by atoms with Crippen molar-refractivity contribution >= 4 is 23.4 Å². The van der Waals surface area contributed by atoms with Crippen LogP contribution in [0.25, 0.3) is 0 Å². The normalized spacial score (nSPS) is 15.5.